The van der Waals surface area contributed by atoms with E-state index in [4.69, 9.17) is 19.3 Å². The van der Waals surface area contributed by atoms with Crippen LogP contribution >= 0.6 is 0 Å². The molecule has 5 fully saturated rings. The van der Waals surface area contributed by atoms with Gasteiger partial charge in [-0.05, 0) is 85.4 Å². The summed E-state index contributed by atoms with van der Waals surface area (Å²) < 4.78 is 19.1. The molecule has 11 atom stereocenters. The molecule has 6 heteroatoms. The number of ether oxygens (including phenoxy) is 3. The monoisotopic (exact) mass is 514 g/mol. The summed E-state index contributed by atoms with van der Waals surface area (Å²) in [5.74, 6) is 2.08. The standard InChI is InChI=1S/C31H46O6/c1-18-9-14-31(35-17-18)19(2)28-25(37-31)16-24-22-6-5-20-15-21(36-27(34)8-7-26(32)33)10-12-29(20,3)23(22)11-13-30(24,28)4/h5,18-19,21-25,28H,6-17H2,1-4H3,(H,32,33)/t18-,19+,21+,22?,23?,24?,25+,28+,29+,30+,31-/m1/s1. The van der Waals surface area contributed by atoms with Gasteiger partial charge in [0.1, 0.15) is 6.10 Å². The normalized spacial score (nSPS) is 50.4. The first-order valence-electron chi connectivity index (χ1n) is 15.0. The second-order valence-electron chi connectivity index (χ2n) is 14.0. The molecule has 2 aliphatic heterocycles. The predicted octanol–water partition coefficient (Wildman–Crippen LogP) is 6.13. The van der Waals surface area contributed by atoms with Crippen molar-refractivity contribution < 1.29 is 28.9 Å². The molecule has 0 amide bonds. The molecule has 2 heterocycles. The van der Waals surface area contributed by atoms with Gasteiger partial charge in [-0.25, -0.2) is 0 Å². The highest BCUT2D eigenvalue weighted by Gasteiger charge is 2.68. The zero-order valence-corrected chi connectivity index (χ0v) is 23.2. The van der Waals surface area contributed by atoms with Crippen LogP contribution in [0.25, 0.3) is 0 Å². The maximum absolute atomic E-state index is 12.2. The number of hydrogen-bond donors (Lipinski definition) is 1. The van der Waals surface area contributed by atoms with Gasteiger partial charge in [-0.1, -0.05) is 39.3 Å². The summed E-state index contributed by atoms with van der Waals surface area (Å²) in [5.41, 5.74) is 1.98. The zero-order valence-electron chi connectivity index (χ0n) is 23.2. The molecule has 37 heavy (non-hydrogen) atoms. The molecule has 4 aliphatic carbocycles. The van der Waals surface area contributed by atoms with Crippen molar-refractivity contribution in [2.75, 3.05) is 6.61 Å². The second kappa shape index (κ2) is 9.08. The summed E-state index contributed by atoms with van der Waals surface area (Å²) in [6, 6.07) is 0. The molecular weight excluding hydrogens is 468 g/mol. The Kier molecular flexibility index (Phi) is 6.34. The maximum atomic E-state index is 12.2. The Labute approximate surface area is 221 Å². The number of carbonyl (C=O) groups excluding carboxylic acids is 1. The smallest absolute Gasteiger partial charge is 0.306 e. The van der Waals surface area contributed by atoms with E-state index in [9.17, 15) is 9.59 Å². The van der Waals surface area contributed by atoms with E-state index in [0.29, 0.717) is 47.0 Å². The Hall–Kier alpha value is -1.40. The van der Waals surface area contributed by atoms with E-state index in [1.165, 1.54) is 31.3 Å². The van der Waals surface area contributed by atoms with Crippen LogP contribution in [-0.2, 0) is 23.8 Å². The first-order valence-corrected chi connectivity index (χ1v) is 15.0. The van der Waals surface area contributed by atoms with Gasteiger partial charge in [-0.15, -0.1) is 0 Å². The van der Waals surface area contributed by atoms with Gasteiger partial charge in [0.05, 0.1) is 25.6 Å². The lowest BCUT2D eigenvalue weighted by atomic mass is 9.47. The zero-order chi connectivity index (χ0) is 26.2. The number of allylic oxidation sites excluding steroid dienone is 1. The molecule has 0 aromatic rings. The Morgan fingerprint density at radius 2 is 1.89 bits per heavy atom. The van der Waals surface area contributed by atoms with Crippen LogP contribution in [0.1, 0.15) is 98.3 Å². The summed E-state index contributed by atoms with van der Waals surface area (Å²) in [4.78, 5) is 23.0. The molecule has 2 saturated heterocycles. The predicted molar refractivity (Wildman–Crippen MR) is 138 cm³/mol. The van der Waals surface area contributed by atoms with E-state index in [-0.39, 0.29) is 36.1 Å². The number of carboxylic acids is 1. The quantitative estimate of drug-likeness (QED) is 0.359. The Morgan fingerprint density at radius 3 is 2.62 bits per heavy atom. The summed E-state index contributed by atoms with van der Waals surface area (Å²) in [6.45, 7) is 10.6. The van der Waals surface area contributed by atoms with Crippen molar-refractivity contribution in [1.29, 1.82) is 0 Å². The highest BCUT2D eigenvalue weighted by molar-refractivity contribution is 5.76. The van der Waals surface area contributed by atoms with Gasteiger partial charge in [0.15, 0.2) is 5.79 Å². The van der Waals surface area contributed by atoms with Gasteiger partial charge < -0.3 is 19.3 Å². The second-order valence-corrected chi connectivity index (χ2v) is 14.0. The fourth-order valence-corrected chi connectivity index (χ4v) is 10.2. The third-order valence-electron chi connectivity index (χ3n) is 12.2. The number of aliphatic carboxylic acids is 1. The molecule has 1 spiro atoms. The SMILES string of the molecule is C[C@@H]1CC[C@@]2(OC1)O[C@H]1CC3C4CC=C5C[C@@H](OC(=O)CCC(=O)O)CC[C@]5(C)C4CC[C@]3(C)[C@H]1[C@@H]2C. The molecule has 0 radical (unpaired) electrons. The average molecular weight is 515 g/mol. The van der Waals surface area contributed by atoms with Crippen molar-refractivity contribution in [2.45, 2.75) is 116 Å². The minimum Gasteiger partial charge on any atom is -0.481 e. The number of fused-ring (bicyclic) bond motifs is 7. The van der Waals surface area contributed by atoms with Crippen LogP contribution < -0.4 is 0 Å². The lowest BCUT2D eigenvalue weighted by Gasteiger charge is -2.58. The Balaban J connectivity index is 1.16. The molecular formula is C31H46O6. The van der Waals surface area contributed by atoms with Crippen molar-refractivity contribution in [3.05, 3.63) is 11.6 Å². The molecule has 0 aromatic carbocycles. The Bertz CT molecular complexity index is 965. The summed E-state index contributed by atoms with van der Waals surface area (Å²) in [7, 11) is 0. The van der Waals surface area contributed by atoms with Gasteiger partial charge in [-0.3, -0.25) is 9.59 Å². The largest absolute Gasteiger partial charge is 0.481 e. The first kappa shape index (κ1) is 25.9. The van der Waals surface area contributed by atoms with Crippen molar-refractivity contribution >= 4 is 11.9 Å². The van der Waals surface area contributed by atoms with Gasteiger partial charge in [0.25, 0.3) is 0 Å². The summed E-state index contributed by atoms with van der Waals surface area (Å²) in [5, 5.41) is 8.86. The maximum Gasteiger partial charge on any atom is 0.306 e. The van der Waals surface area contributed by atoms with Crippen LogP contribution in [-0.4, -0.2) is 41.6 Å². The fourth-order valence-electron chi connectivity index (χ4n) is 10.2. The van der Waals surface area contributed by atoms with Gasteiger partial charge in [0, 0.05) is 18.8 Å². The van der Waals surface area contributed by atoms with Crippen LogP contribution in [0.3, 0.4) is 0 Å². The van der Waals surface area contributed by atoms with Crippen LogP contribution in [0.4, 0.5) is 0 Å². The lowest BCUT2D eigenvalue weighted by molar-refractivity contribution is -0.272. The van der Waals surface area contributed by atoms with Crippen molar-refractivity contribution in [3.63, 3.8) is 0 Å². The van der Waals surface area contributed by atoms with E-state index >= 15 is 0 Å². The highest BCUT2D eigenvalue weighted by Crippen LogP contribution is 2.70. The van der Waals surface area contributed by atoms with Gasteiger partial charge >= 0.3 is 11.9 Å². The van der Waals surface area contributed by atoms with Crippen LogP contribution in [0.5, 0.6) is 0 Å². The van der Waals surface area contributed by atoms with E-state index in [0.717, 1.165) is 38.7 Å². The first-order chi connectivity index (χ1) is 17.6. The van der Waals surface area contributed by atoms with Crippen LogP contribution in [0.2, 0.25) is 0 Å². The third kappa shape index (κ3) is 4.02. The third-order valence-corrected chi connectivity index (χ3v) is 12.2. The number of esters is 1. The van der Waals surface area contributed by atoms with Crippen LogP contribution in [0, 0.1) is 46.3 Å². The minimum absolute atomic E-state index is 0.0404. The van der Waals surface area contributed by atoms with E-state index in [1.807, 2.05) is 0 Å². The molecule has 0 bridgehead atoms. The Morgan fingerprint density at radius 1 is 1.08 bits per heavy atom. The van der Waals surface area contributed by atoms with E-state index < -0.39 is 5.97 Å². The fraction of sp³-hybridized carbons (Fsp3) is 0.871. The number of carboxylic acid groups (broad SMARTS) is 1. The number of hydrogen-bond acceptors (Lipinski definition) is 5. The molecule has 6 nitrogen and oxygen atoms in total. The van der Waals surface area contributed by atoms with Crippen molar-refractivity contribution in [2.24, 2.45) is 46.3 Å². The minimum atomic E-state index is -0.953. The lowest BCUT2D eigenvalue weighted by Crippen LogP contribution is -2.52. The van der Waals surface area contributed by atoms with Crippen LogP contribution in [0.15, 0.2) is 11.6 Å². The summed E-state index contributed by atoms with van der Waals surface area (Å²) >= 11 is 0. The van der Waals surface area contributed by atoms with Crippen molar-refractivity contribution in [1.82, 2.24) is 0 Å². The van der Waals surface area contributed by atoms with E-state index in [2.05, 4.69) is 33.8 Å². The molecule has 1 N–H and O–H groups in total. The number of rotatable bonds is 4. The molecule has 3 saturated carbocycles. The number of carbonyl (C=O) groups is 2. The van der Waals surface area contributed by atoms with Gasteiger partial charge in [0.2, 0.25) is 0 Å². The average Bonchev–Trinajstić information content (AvgIpc) is 3.30. The van der Waals surface area contributed by atoms with E-state index in [1.54, 1.807) is 0 Å². The molecule has 3 unspecified atom stereocenters. The molecule has 6 aliphatic rings. The van der Waals surface area contributed by atoms with Crippen molar-refractivity contribution in [3.8, 4) is 0 Å². The molecule has 0 aromatic heterocycles. The topological polar surface area (TPSA) is 82.1 Å². The highest BCUT2D eigenvalue weighted by atomic mass is 16.7. The van der Waals surface area contributed by atoms with Gasteiger partial charge in [-0.2, -0.15) is 0 Å². The molecule has 6 rings (SSSR count). The summed E-state index contributed by atoms with van der Waals surface area (Å²) in [6.07, 6.45) is 12.4. The molecule has 206 valence electrons.